The fraction of sp³-hybridized carbons (Fsp3) is 0.136. The number of nitriles is 1. The number of nitrogens with one attached hydrogen (secondary N) is 2. The van der Waals surface area contributed by atoms with Crippen LogP contribution in [0.25, 0.3) is 6.08 Å². The minimum absolute atomic E-state index is 0.535. The zero-order chi connectivity index (χ0) is 19.2. The summed E-state index contributed by atoms with van der Waals surface area (Å²) < 4.78 is 0. The monoisotopic (exact) mass is 355 g/mol. The molecule has 0 spiro atoms. The Balaban J connectivity index is 1.81. The Morgan fingerprint density at radius 3 is 2.33 bits per heavy atom. The van der Waals surface area contributed by atoms with Gasteiger partial charge in [0.1, 0.15) is 5.82 Å². The van der Waals surface area contributed by atoms with Crippen LogP contribution in [0.15, 0.2) is 54.7 Å². The second-order valence-electron chi connectivity index (χ2n) is 6.37. The Hall–Kier alpha value is -3.65. The second-order valence-corrected chi connectivity index (χ2v) is 6.37. The summed E-state index contributed by atoms with van der Waals surface area (Å²) in [6, 6.07) is 16.0. The zero-order valence-electron chi connectivity index (χ0n) is 15.6. The first-order valence-corrected chi connectivity index (χ1v) is 8.66. The molecule has 0 amide bonds. The van der Waals surface area contributed by atoms with Crippen LogP contribution in [0.2, 0.25) is 0 Å². The first-order valence-electron chi connectivity index (χ1n) is 8.66. The lowest BCUT2D eigenvalue weighted by Crippen LogP contribution is -2.02. The van der Waals surface area contributed by atoms with Gasteiger partial charge in [0, 0.05) is 23.6 Å². The van der Waals surface area contributed by atoms with Gasteiger partial charge in [-0.15, -0.1) is 0 Å². The summed E-state index contributed by atoms with van der Waals surface area (Å²) >= 11 is 0. The van der Waals surface area contributed by atoms with Crippen molar-refractivity contribution in [3.05, 3.63) is 77.0 Å². The lowest BCUT2D eigenvalue weighted by Gasteiger charge is -2.14. The lowest BCUT2D eigenvalue weighted by molar-refractivity contribution is 1.16. The third-order valence-corrected chi connectivity index (χ3v) is 4.12. The second kappa shape index (κ2) is 8.15. The van der Waals surface area contributed by atoms with Crippen LogP contribution in [0.1, 0.15) is 22.3 Å². The zero-order valence-corrected chi connectivity index (χ0v) is 15.6. The van der Waals surface area contributed by atoms with E-state index >= 15 is 0 Å². The average molecular weight is 355 g/mol. The molecular weight excluding hydrogens is 334 g/mol. The fourth-order valence-electron chi connectivity index (χ4n) is 2.81. The molecule has 0 saturated heterocycles. The van der Waals surface area contributed by atoms with Gasteiger partial charge >= 0.3 is 0 Å². The SMILES string of the molecule is Cc1ccc(Nc2nccc(Nc3c(C)cc(/C=C/C#N)cc3C)n2)cc1. The number of benzene rings is 2. The molecule has 1 heterocycles. The highest BCUT2D eigenvalue weighted by molar-refractivity contribution is 5.69. The van der Waals surface area contributed by atoms with E-state index in [-0.39, 0.29) is 0 Å². The lowest BCUT2D eigenvalue weighted by atomic mass is 10.0. The largest absolute Gasteiger partial charge is 0.340 e. The van der Waals surface area contributed by atoms with Crippen molar-refractivity contribution < 1.29 is 0 Å². The summed E-state index contributed by atoms with van der Waals surface area (Å²) in [7, 11) is 0. The van der Waals surface area contributed by atoms with Crippen LogP contribution < -0.4 is 10.6 Å². The van der Waals surface area contributed by atoms with Crippen molar-refractivity contribution in [3.8, 4) is 6.07 Å². The molecule has 2 aromatic carbocycles. The molecule has 0 unspecified atom stereocenters. The Morgan fingerprint density at radius 1 is 0.963 bits per heavy atom. The van der Waals surface area contributed by atoms with Gasteiger partial charge < -0.3 is 10.6 Å². The van der Waals surface area contributed by atoms with E-state index in [4.69, 9.17) is 5.26 Å². The number of allylic oxidation sites excluding steroid dienone is 1. The molecule has 3 rings (SSSR count). The normalized spacial score (nSPS) is 10.6. The van der Waals surface area contributed by atoms with Gasteiger partial charge in [0.05, 0.1) is 6.07 Å². The van der Waals surface area contributed by atoms with E-state index in [0.29, 0.717) is 11.8 Å². The van der Waals surface area contributed by atoms with Crippen molar-refractivity contribution in [2.45, 2.75) is 20.8 Å². The molecule has 0 aliphatic rings. The fourth-order valence-corrected chi connectivity index (χ4v) is 2.81. The van der Waals surface area contributed by atoms with E-state index in [9.17, 15) is 0 Å². The van der Waals surface area contributed by atoms with Gasteiger partial charge in [0.15, 0.2) is 0 Å². The molecule has 5 heteroatoms. The number of hydrogen-bond acceptors (Lipinski definition) is 5. The van der Waals surface area contributed by atoms with E-state index in [1.165, 1.54) is 11.6 Å². The van der Waals surface area contributed by atoms with E-state index in [1.54, 1.807) is 12.3 Å². The molecule has 0 bridgehead atoms. The third-order valence-electron chi connectivity index (χ3n) is 4.12. The van der Waals surface area contributed by atoms with Crippen LogP contribution >= 0.6 is 0 Å². The summed E-state index contributed by atoms with van der Waals surface area (Å²) in [4.78, 5) is 8.84. The van der Waals surface area contributed by atoms with E-state index < -0.39 is 0 Å². The quantitative estimate of drug-likeness (QED) is 0.597. The highest BCUT2D eigenvalue weighted by Gasteiger charge is 2.07. The van der Waals surface area contributed by atoms with Crippen molar-refractivity contribution in [1.82, 2.24) is 9.97 Å². The Labute approximate surface area is 159 Å². The summed E-state index contributed by atoms with van der Waals surface area (Å²) in [6.45, 7) is 6.12. The first kappa shape index (κ1) is 18.2. The van der Waals surface area contributed by atoms with Crippen LogP contribution in [-0.4, -0.2) is 9.97 Å². The van der Waals surface area contributed by atoms with Crippen LogP contribution in [-0.2, 0) is 0 Å². The maximum Gasteiger partial charge on any atom is 0.229 e. The van der Waals surface area contributed by atoms with Gasteiger partial charge in [0.25, 0.3) is 0 Å². The highest BCUT2D eigenvalue weighted by atomic mass is 15.1. The predicted molar refractivity (Wildman–Crippen MR) is 110 cm³/mol. The number of aromatic nitrogens is 2. The number of aryl methyl sites for hydroxylation is 3. The summed E-state index contributed by atoms with van der Waals surface area (Å²) in [6.07, 6.45) is 5.01. The molecule has 134 valence electrons. The third kappa shape index (κ3) is 4.71. The van der Waals surface area contributed by atoms with Crippen LogP contribution in [0.4, 0.5) is 23.1 Å². The summed E-state index contributed by atoms with van der Waals surface area (Å²) in [5.74, 6) is 1.25. The number of anilines is 4. The first-order chi connectivity index (χ1) is 13.0. The van der Waals surface area contributed by atoms with Crippen LogP contribution in [0, 0.1) is 32.1 Å². The topological polar surface area (TPSA) is 73.6 Å². The minimum atomic E-state index is 0.535. The molecule has 0 fully saturated rings. The standard InChI is InChI=1S/C22H21N5/c1-15-6-8-19(9-7-15)25-22-24-12-10-20(27-22)26-21-16(2)13-18(5-4-11-23)14-17(21)3/h4-10,12-14H,1-3H3,(H2,24,25,26,27)/b5-4+. The maximum absolute atomic E-state index is 8.69. The predicted octanol–water partition coefficient (Wildman–Crippen LogP) is 5.43. The van der Waals surface area contributed by atoms with Crippen LogP contribution in [0.5, 0.6) is 0 Å². The molecule has 0 aliphatic carbocycles. The van der Waals surface area contributed by atoms with Gasteiger partial charge in [-0.1, -0.05) is 17.7 Å². The van der Waals surface area contributed by atoms with Crippen molar-refractivity contribution >= 4 is 29.2 Å². The number of nitrogens with zero attached hydrogens (tertiary/aromatic N) is 3. The van der Waals surface area contributed by atoms with Gasteiger partial charge in [0.2, 0.25) is 5.95 Å². The van der Waals surface area contributed by atoms with Gasteiger partial charge in [-0.05, 0) is 73.9 Å². The molecule has 27 heavy (non-hydrogen) atoms. The van der Waals surface area contributed by atoms with Crippen molar-refractivity contribution in [1.29, 1.82) is 5.26 Å². The summed E-state index contributed by atoms with van der Waals surface area (Å²) in [5.41, 5.74) is 6.32. The Kier molecular flexibility index (Phi) is 5.48. The molecule has 1 aromatic heterocycles. The molecule has 2 N–H and O–H groups in total. The van der Waals surface area contributed by atoms with E-state index in [2.05, 4.69) is 27.5 Å². The van der Waals surface area contributed by atoms with Gasteiger partial charge in [-0.3, -0.25) is 0 Å². The molecule has 0 radical (unpaired) electrons. The van der Waals surface area contributed by atoms with E-state index in [0.717, 1.165) is 28.1 Å². The molecule has 0 aliphatic heterocycles. The Bertz CT molecular complexity index is 991. The highest BCUT2D eigenvalue weighted by Crippen LogP contribution is 2.26. The molecule has 3 aromatic rings. The molecule has 0 saturated carbocycles. The van der Waals surface area contributed by atoms with E-state index in [1.807, 2.05) is 62.4 Å². The minimum Gasteiger partial charge on any atom is -0.340 e. The number of rotatable bonds is 5. The number of hydrogen-bond donors (Lipinski definition) is 2. The Morgan fingerprint density at radius 2 is 1.67 bits per heavy atom. The molecule has 5 nitrogen and oxygen atoms in total. The van der Waals surface area contributed by atoms with Crippen molar-refractivity contribution in [2.24, 2.45) is 0 Å². The van der Waals surface area contributed by atoms with Gasteiger partial charge in [-0.25, -0.2) is 4.98 Å². The van der Waals surface area contributed by atoms with Crippen molar-refractivity contribution in [2.75, 3.05) is 10.6 Å². The van der Waals surface area contributed by atoms with Gasteiger partial charge in [-0.2, -0.15) is 10.2 Å². The molecular formula is C22H21N5. The van der Waals surface area contributed by atoms with Crippen molar-refractivity contribution in [3.63, 3.8) is 0 Å². The average Bonchev–Trinajstić information content (AvgIpc) is 2.65. The van der Waals surface area contributed by atoms with Crippen LogP contribution in [0.3, 0.4) is 0 Å². The smallest absolute Gasteiger partial charge is 0.229 e. The summed E-state index contributed by atoms with van der Waals surface area (Å²) in [5, 5.41) is 15.3. The molecule has 0 atom stereocenters. The maximum atomic E-state index is 8.69.